The quantitative estimate of drug-likeness (QED) is 0.688. The van der Waals surface area contributed by atoms with E-state index in [-0.39, 0.29) is 11.8 Å². The molecule has 20 heavy (non-hydrogen) atoms. The van der Waals surface area contributed by atoms with Gasteiger partial charge in [-0.15, -0.1) is 11.3 Å². The van der Waals surface area contributed by atoms with Crippen molar-refractivity contribution in [3.8, 4) is 0 Å². The van der Waals surface area contributed by atoms with E-state index < -0.39 is 0 Å². The minimum atomic E-state index is -0.330. The smallest absolute Gasteiger partial charge is 0.408 e. The van der Waals surface area contributed by atoms with Crippen molar-refractivity contribution >= 4 is 45.0 Å². The topological polar surface area (TPSA) is 47.2 Å². The molecule has 2 heterocycles. The van der Waals surface area contributed by atoms with E-state index in [1.54, 1.807) is 18.4 Å². The number of nitrogens with zero attached hydrogens (tertiary/aromatic N) is 1. The summed E-state index contributed by atoms with van der Waals surface area (Å²) in [5.74, 6) is -0.330. The molecule has 4 nitrogen and oxygen atoms in total. The van der Waals surface area contributed by atoms with Gasteiger partial charge in [-0.25, -0.2) is 4.79 Å². The second-order valence-electron chi connectivity index (χ2n) is 4.56. The van der Waals surface area contributed by atoms with Crippen molar-refractivity contribution in [1.82, 2.24) is 9.88 Å². The highest BCUT2D eigenvalue weighted by Crippen LogP contribution is 2.28. The maximum atomic E-state index is 11.5. The van der Waals surface area contributed by atoms with E-state index in [1.165, 1.54) is 13.0 Å². The molecule has 6 heteroatoms. The summed E-state index contributed by atoms with van der Waals surface area (Å²) in [6.07, 6.45) is 0. The van der Waals surface area contributed by atoms with E-state index in [4.69, 9.17) is 4.42 Å². The van der Waals surface area contributed by atoms with Crippen LogP contribution in [0.5, 0.6) is 0 Å². The summed E-state index contributed by atoms with van der Waals surface area (Å²) < 4.78 is 8.03. The highest BCUT2D eigenvalue weighted by atomic mass is 127. The van der Waals surface area contributed by atoms with Crippen LogP contribution in [0.4, 0.5) is 0 Å². The first-order chi connectivity index (χ1) is 9.60. The number of rotatable bonds is 3. The third-order valence-electron chi connectivity index (χ3n) is 3.36. The van der Waals surface area contributed by atoms with Crippen molar-refractivity contribution in [1.29, 1.82) is 0 Å². The first kappa shape index (κ1) is 13.8. The van der Waals surface area contributed by atoms with Crippen molar-refractivity contribution in [2.45, 2.75) is 6.04 Å². The zero-order chi connectivity index (χ0) is 14.3. The average Bonchev–Trinajstić information content (AvgIpc) is 2.96. The second-order valence-corrected chi connectivity index (χ2v) is 7.37. The molecule has 0 aliphatic carbocycles. The van der Waals surface area contributed by atoms with Crippen molar-refractivity contribution < 1.29 is 4.42 Å². The zero-order valence-electron chi connectivity index (χ0n) is 11.0. The van der Waals surface area contributed by atoms with Crippen LogP contribution in [0.25, 0.3) is 11.1 Å². The largest absolute Gasteiger partial charge is 0.419 e. The Balaban J connectivity index is 2.10. The highest BCUT2D eigenvalue weighted by molar-refractivity contribution is 14.1. The van der Waals surface area contributed by atoms with E-state index in [0.717, 1.165) is 11.1 Å². The maximum absolute atomic E-state index is 11.5. The van der Waals surface area contributed by atoms with Gasteiger partial charge in [0.1, 0.15) is 0 Å². The summed E-state index contributed by atoms with van der Waals surface area (Å²) in [6, 6.07) is 8.16. The molecule has 0 bridgehead atoms. The van der Waals surface area contributed by atoms with Crippen molar-refractivity contribution in [3.05, 3.63) is 54.2 Å². The summed E-state index contributed by atoms with van der Waals surface area (Å²) in [5, 5.41) is 5.46. The molecule has 0 saturated carbocycles. The van der Waals surface area contributed by atoms with Gasteiger partial charge in [-0.05, 0) is 64.3 Å². The predicted octanol–water partition coefficient (Wildman–Crippen LogP) is 3.11. The van der Waals surface area contributed by atoms with Crippen molar-refractivity contribution in [2.24, 2.45) is 7.05 Å². The minimum Gasteiger partial charge on any atom is -0.408 e. The van der Waals surface area contributed by atoms with Gasteiger partial charge in [0.25, 0.3) is 0 Å². The molecule has 0 spiro atoms. The van der Waals surface area contributed by atoms with Crippen LogP contribution in [0.1, 0.15) is 17.2 Å². The SMILES string of the molecule is CNC(c1csc(I)c1)c1ccc2c(c1)oc(=O)n2C. The Kier molecular flexibility index (Phi) is 3.70. The second kappa shape index (κ2) is 5.34. The van der Waals surface area contributed by atoms with Gasteiger partial charge in [0, 0.05) is 7.05 Å². The van der Waals surface area contributed by atoms with Gasteiger partial charge >= 0.3 is 5.76 Å². The molecule has 3 aromatic rings. The van der Waals surface area contributed by atoms with E-state index in [1.807, 2.05) is 25.2 Å². The molecule has 0 fully saturated rings. The molecular formula is C14H13IN2O2S. The first-order valence-corrected chi connectivity index (χ1v) is 8.06. The molecular weight excluding hydrogens is 387 g/mol. The summed E-state index contributed by atoms with van der Waals surface area (Å²) in [7, 11) is 3.64. The lowest BCUT2D eigenvalue weighted by Gasteiger charge is -2.15. The average molecular weight is 400 g/mol. The van der Waals surface area contributed by atoms with Crippen LogP contribution in [-0.4, -0.2) is 11.6 Å². The molecule has 1 unspecified atom stereocenters. The number of fused-ring (bicyclic) bond motifs is 1. The van der Waals surface area contributed by atoms with Crippen LogP contribution < -0.4 is 11.1 Å². The normalized spacial score (nSPS) is 12.9. The molecule has 0 aliphatic rings. The monoisotopic (exact) mass is 400 g/mol. The van der Waals surface area contributed by atoms with Crippen LogP contribution in [0.15, 0.2) is 38.9 Å². The number of aryl methyl sites for hydroxylation is 1. The summed E-state index contributed by atoms with van der Waals surface area (Å²) >= 11 is 4.04. The Morgan fingerprint density at radius 3 is 2.80 bits per heavy atom. The lowest BCUT2D eigenvalue weighted by Crippen LogP contribution is -2.16. The molecule has 0 amide bonds. The van der Waals surface area contributed by atoms with Gasteiger partial charge < -0.3 is 9.73 Å². The Labute approximate surface area is 133 Å². The zero-order valence-corrected chi connectivity index (χ0v) is 14.0. The van der Waals surface area contributed by atoms with Crippen LogP contribution in [0.3, 0.4) is 0 Å². The summed E-state index contributed by atoms with van der Waals surface area (Å²) in [4.78, 5) is 11.5. The van der Waals surface area contributed by atoms with Gasteiger partial charge in [-0.2, -0.15) is 0 Å². The number of hydrogen-bond donors (Lipinski definition) is 1. The van der Waals surface area contributed by atoms with Crippen molar-refractivity contribution in [2.75, 3.05) is 7.05 Å². The fourth-order valence-corrected chi connectivity index (χ4v) is 3.73. The third kappa shape index (κ3) is 2.32. The number of thiophene rings is 1. The van der Waals surface area contributed by atoms with E-state index in [0.29, 0.717) is 5.58 Å². The number of oxazole rings is 1. The van der Waals surface area contributed by atoms with Gasteiger partial charge in [0.2, 0.25) is 0 Å². The van der Waals surface area contributed by atoms with Gasteiger partial charge in [-0.1, -0.05) is 6.07 Å². The van der Waals surface area contributed by atoms with E-state index in [2.05, 4.69) is 39.4 Å². The van der Waals surface area contributed by atoms with Crippen LogP contribution in [0.2, 0.25) is 0 Å². The number of aromatic nitrogens is 1. The minimum absolute atomic E-state index is 0.102. The lowest BCUT2D eigenvalue weighted by atomic mass is 10.0. The molecule has 1 atom stereocenters. The first-order valence-electron chi connectivity index (χ1n) is 6.11. The molecule has 1 N–H and O–H groups in total. The predicted molar refractivity (Wildman–Crippen MR) is 89.4 cm³/mol. The fraction of sp³-hybridized carbons (Fsp3) is 0.214. The number of nitrogens with one attached hydrogen (secondary N) is 1. The summed E-state index contributed by atoms with van der Waals surface area (Å²) in [6.45, 7) is 0. The highest BCUT2D eigenvalue weighted by Gasteiger charge is 2.15. The third-order valence-corrected chi connectivity index (χ3v) is 5.17. The van der Waals surface area contributed by atoms with E-state index in [9.17, 15) is 4.79 Å². The number of halogens is 1. The lowest BCUT2D eigenvalue weighted by molar-refractivity contribution is 0.527. The number of benzene rings is 1. The Morgan fingerprint density at radius 1 is 1.35 bits per heavy atom. The molecule has 104 valence electrons. The van der Waals surface area contributed by atoms with E-state index >= 15 is 0 Å². The molecule has 0 radical (unpaired) electrons. The molecule has 0 saturated heterocycles. The Hall–Kier alpha value is -1.12. The Morgan fingerprint density at radius 2 is 2.15 bits per heavy atom. The summed E-state index contributed by atoms with van der Waals surface area (Å²) in [5.41, 5.74) is 3.75. The van der Waals surface area contributed by atoms with Crippen molar-refractivity contribution in [3.63, 3.8) is 0 Å². The fourth-order valence-electron chi connectivity index (χ4n) is 2.33. The van der Waals surface area contributed by atoms with Gasteiger partial charge in [-0.3, -0.25) is 4.57 Å². The number of hydrogen-bond acceptors (Lipinski definition) is 4. The van der Waals surface area contributed by atoms with Crippen LogP contribution in [0, 0.1) is 2.88 Å². The molecule has 3 rings (SSSR count). The standard InChI is InChI=1S/C14H13IN2O2S/c1-16-13(9-6-12(15)20-7-9)8-3-4-10-11(5-8)19-14(18)17(10)2/h3-7,13,16H,1-2H3. The molecule has 1 aromatic carbocycles. The van der Waals surface area contributed by atoms with Gasteiger partial charge in [0.15, 0.2) is 5.58 Å². The molecule has 2 aromatic heterocycles. The van der Waals surface area contributed by atoms with Gasteiger partial charge in [0.05, 0.1) is 14.4 Å². The van der Waals surface area contributed by atoms with Crippen LogP contribution in [-0.2, 0) is 7.05 Å². The Bertz CT molecular complexity index is 818. The molecule has 0 aliphatic heterocycles. The maximum Gasteiger partial charge on any atom is 0.419 e. The van der Waals surface area contributed by atoms with Crippen LogP contribution >= 0.6 is 33.9 Å².